The Bertz CT molecular complexity index is 758. The fourth-order valence-electron chi connectivity index (χ4n) is 5.19. The van der Waals surface area contributed by atoms with E-state index in [9.17, 15) is 5.11 Å². The van der Waals surface area contributed by atoms with E-state index >= 15 is 0 Å². The predicted octanol–water partition coefficient (Wildman–Crippen LogP) is 5.12. The molecule has 0 spiro atoms. The summed E-state index contributed by atoms with van der Waals surface area (Å²) in [6.07, 6.45) is 3.18. The molecule has 0 unspecified atom stereocenters. The molecule has 0 bridgehead atoms. The number of nitrogens with zero attached hydrogens (tertiary/aromatic N) is 1. The molecule has 1 aliphatic rings. The standard InChI is InChI=1S/C27H31NO/c29-22-10-19-28-20-17-26(18-21-28)27(23-11-4-1-5-12-23,24-13-6-2-7-14-24)25-15-8-3-9-16-25/h1-9,11-16,26,29H,10,17-22H2. The Morgan fingerprint density at radius 1 is 0.690 bits per heavy atom. The van der Waals surface area contributed by atoms with Gasteiger partial charge in [0.1, 0.15) is 0 Å². The summed E-state index contributed by atoms with van der Waals surface area (Å²) in [6.45, 7) is 3.47. The maximum absolute atomic E-state index is 9.20. The Labute approximate surface area is 174 Å². The van der Waals surface area contributed by atoms with E-state index in [2.05, 4.69) is 95.9 Å². The van der Waals surface area contributed by atoms with E-state index < -0.39 is 0 Å². The normalized spacial score (nSPS) is 16.0. The number of aliphatic hydroxyl groups excluding tert-OH is 1. The molecule has 0 amide bonds. The highest BCUT2D eigenvalue weighted by Gasteiger charge is 2.44. The van der Waals surface area contributed by atoms with Gasteiger partial charge in [-0.3, -0.25) is 0 Å². The Morgan fingerprint density at radius 2 is 1.10 bits per heavy atom. The molecule has 0 aliphatic carbocycles. The zero-order valence-electron chi connectivity index (χ0n) is 17.1. The van der Waals surface area contributed by atoms with Crippen LogP contribution in [0.2, 0.25) is 0 Å². The van der Waals surface area contributed by atoms with Crippen molar-refractivity contribution in [3.05, 3.63) is 108 Å². The van der Waals surface area contributed by atoms with Crippen LogP contribution in [0.15, 0.2) is 91.0 Å². The van der Waals surface area contributed by atoms with Gasteiger partial charge in [0.15, 0.2) is 0 Å². The van der Waals surface area contributed by atoms with Crippen molar-refractivity contribution in [3.63, 3.8) is 0 Å². The van der Waals surface area contributed by atoms with E-state index in [0.29, 0.717) is 5.92 Å². The molecule has 0 saturated carbocycles. The summed E-state index contributed by atoms with van der Waals surface area (Å²) in [7, 11) is 0. The summed E-state index contributed by atoms with van der Waals surface area (Å²) in [6, 6.07) is 33.2. The Morgan fingerprint density at radius 3 is 1.48 bits per heavy atom. The average Bonchev–Trinajstić information content (AvgIpc) is 2.81. The van der Waals surface area contributed by atoms with Crippen LogP contribution in [-0.4, -0.2) is 36.2 Å². The van der Waals surface area contributed by atoms with Gasteiger partial charge in [0.2, 0.25) is 0 Å². The minimum atomic E-state index is -0.146. The third-order valence-electron chi connectivity index (χ3n) is 6.52. The fraction of sp³-hybridized carbons (Fsp3) is 0.333. The lowest BCUT2D eigenvalue weighted by atomic mass is 9.59. The lowest BCUT2D eigenvalue weighted by Gasteiger charge is -2.46. The van der Waals surface area contributed by atoms with E-state index in [0.717, 1.165) is 38.9 Å². The van der Waals surface area contributed by atoms with E-state index in [4.69, 9.17) is 0 Å². The molecular formula is C27H31NO. The molecule has 1 aliphatic heterocycles. The summed E-state index contributed by atoms with van der Waals surface area (Å²) < 4.78 is 0. The molecule has 1 heterocycles. The van der Waals surface area contributed by atoms with Crippen molar-refractivity contribution in [1.29, 1.82) is 0 Å². The van der Waals surface area contributed by atoms with Gasteiger partial charge in [-0.15, -0.1) is 0 Å². The molecule has 0 atom stereocenters. The van der Waals surface area contributed by atoms with Gasteiger partial charge in [-0.1, -0.05) is 91.0 Å². The Balaban J connectivity index is 1.81. The van der Waals surface area contributed by atoms with E-state index in [-0.39, 0.29) is 12.0 Å². The predicted molar refractivity (Wildman–Crippen MR) is 120 cm³/mol. The van der Waals surface area contributed by atoms with Crippen LogP contribution in [0.3, 0.4) is 0 Å². The second kappa shape index (κ2) is 9.39. The smallest absolute Gasteiger partial charge is 0.0480 e. The van der Waals surface area contributed by atoms with E-state index in [1.165, 1.54) is 16.7 Å². The van der Waals surface area contributed by atoms with Crippen molar-refractivity contribution in [2.45, 2.75) is 24.7 Å². The first-order valence-electron chi connectivity index (χ1n) is 10.9. The number of aliphatic hydroxyl groups is 1. The number of benzene rings is 3. The van der Waals surface area contributed by atoms with Crippen LogP contribution in [0.1, 0.15) is 36.0 Å². The number of hydrogen-bond acceptors (Lipinski definition) is 2. The van der Waals surface area contributed by atoms with Gasteiger partial charge >= 0.3 is 0 Å². The number of likely N-dealkylation sites (tertiary alicyclic amines) is 1. The van der Waals surface area contributed by atoms with Gasteiger partial charge in [-0.25, -0.2) is 0 Å². The number of piperidine rings is 1. The minimum absolute atomic E-state index is 0.146. The number of rotatable bonds is 7. The van der Waals surface area contributed by atoms with Crippen LogP contribution in [0, 0.1) is 5.92 Å². The molecule has 3 aromatic carbocycles. The number of hydrogen-bond donors (Lipinski definition) is 1. The molecule has 3 aromatic rings. The first-order valence-corrected chi connectivity index (χ1v) is 10.9. The largest absolute Gasteiger partial charge is 0.396 e. The van der Waals surface area contributed by atoms with Crippen molar-refractivity contribution in [2.75, 3.05) is 26.2 Å². The second-order valence-corrected chi connectivity index (χ2v) is 8.10. The minimum Gasteiger partial charge on any atom is -0.396 e. The Hall–Kier alpha value is -2.42. The average molecular weight is 386 g/mol. The zero-order chi connectivity index (χ0) is 19.9. The van der Waals surface area contributed by atoms with Crippen LogP contribution < -0.4 is 0 Å². The Kier molecular flexibility index (Phi) is 6.43. The van der Waals surface area contributed by atoms with Gasteiger partial charge in [-0.2, -0.15) is 0 Å². The van der Waals surface area contributed by atoms with Crippen LogP contribution in [-0.2, 0) is 5.41 Å². The molecule has 1 saturated heterocycles. The molecule has 2 nitrogen and oxygen atoms in total. The quantitative estimate of drug-likeness (QED) is 0.571. The van der Waals surface area contributed by atoms with Crippen molar-refractivity contribution in [3.8, 4) is 0 Å². The molecule has 150 valence electrons. The molecule has 2 heteroatoms. The first-order chi connectivity index (χ1) is 14.4. The van der Waals surface area contributed by atoms with Gasteiger partial charge < -0.3 is 10.0 Å². The summed E-state index contributed by atoms with van der Waals surface area (Å²) >= 11 is 0. The summed E-state index contributed by atoms with van der Waals surface area (Å²) in [4.78, 5) is 2.51. The maximum Gasteiger partial charge on any atom is 0.0480 e. The van der Waals surface area contributed by atoms with Gasteiger partial charge in [0, 0.05) is 18.6 Å². The van der Waals surface area contributed by atoms with Crippen molar-refractivity contribution in [1.82, 2.24) is 4.90 Å². The molecular weight excluding hydrogens is 354 g/mol. The molecule has 0 aromatic heterocycles. The summed E-state index contributed by atoms with van der Waals surface area (Å²) in [5.74, 6) is 0.528. The van der Waals surface area contributed by atoms with E-state index in [1.54, 1.807) is 0 Å². The van der Waals surface area contributed by atoms with Crippen LogP contribution in [0.4, 0.5) is 0 Å². The van der Waals surface area contributed by atoms with Crippen molar-refractivity contribution in [2.24, 2.45) is 5.92 Å². The molecule has 29 heavy (non-hydrogen) atoms. The van der Waals surface area contributed by atoms with Gasteiger partial charge in [0.25, 0.3) is 0 Å². The second-order valence-electron chi connectivity index (χ2n) is 8.10. The fourth-order valence-corrected chi connectivity index (χ4v) is 5.19. The monoisotopic (exact) mass is 385 g/mol. The van der Waals surface area contributed by atoms with Crippen molar-refractivity contribution >= 4 is 0 Å². The lowest BCUT2D eigenvalue weighted by molar-refractivity contribution is 0.144. The summed E-state index contributed by atoms with van der Waals surface area (Å²) in [5, 5.41) is 9.20. The maximum atomic E-state index is 9.20. The molecule has 4 rings (SSSR count). The highest BCUT2D eigenvalue weighted by molar-refractivity contribution is 5.51. The first kappa shape index (κ1) is 19.9. The molecule has 1 fully saturated rings. The lowest BCUT2D eigenvalue weighted by Crippen LogP contribution is -2.45. The van der Waals surface area contributed by atoms with Crippen LogP contribution in [0.5, 0.6) is 0 Å². The topological polar surface area (TPSA) is 23.5 Å². The van der Waals surface area contributed by atoms with Gasteiger partial charge in [0.05, 0.1) is 0 Å². The highest BCUT2D eigenvalue weighted by Crippen LogP contribution is 2.48. The summed E-state index contributed by atoms with van der Waals surface area (Å²) in [5.41, 5.74) is 4.00. The third-order valence-corrected chi connectivity index (χ3v) is 6.52. The SMILES string of the molecule is OCCCN1CCC(C(c2ccccc2)(c2ccccc2)c2ccccc2)CC1. The van der Waals surface area contributed by atoms with Crippen molar-refractivity contribution < 1.29 is 5.11 Å². The zero-order valence-corrected chi connectivity index (χ0v) is 17.1. The van der Waals surface area contributed by atoms with Crippen LogP contribution in [0.25, 0.3) is 0 Å². The molecule has 0 radical (unpaired) electrons. The van der Waals surface area contributed by atoms with Crippen LogP contribution >= 0.6 is 0 Å². The van der Waals surface area contributed by atoms with E-state index in [1.807, 2.05) is 0 Å². The van der Waals surface area contributed by atoms with Gasteiger partial charge in [-0.05, 0) is 55.0 Å². The highest BCUT2D eigenvalue weighted by atomic mass is 16.3. The third kappa shape index (κ3) is 4.01. The molecule has 1 N–H and O–H groups in total.